The van der Waals surface area contributed by atoms with Crippen LogP contribution in [-0.2, 0) is 6.42 Å². The van der Waals surface area contributed by atoms with E-state index in [0.29, 0.717) is 28.4 Å². The minimum absolute atomic E-state index is 0.492. The van der Waals surface area contributed by atoms with Crippen LogP contribution in [0.15, 0.2) is 48.5 Å². The molecule has 0 spiro atoms. The zero-order valence-electron chi connectivity index (χ0n) is 15.2. The first-order chi connectivity index (χ1) is 12.9. The monoisotopic (exact) mass is 405 g/mol. The lowest BCUT2D eigenvalue weighted by molar-refractivity contribution is 0.0328. The van der Waals surface area contributed by atoms with Crippen LogP contribution in [0.4, 0.5) is 0 Å². The Hall–Kier alpha value is -1.10. The molecule has 27 heavy (non-hydrogen) atoms. The summed E-state index contributed by atoms with van der Waals surface area (Å²) in [5, 5.41) is 22.7. The van der Waals surface area contributed by atoms with Crippen LogP contribution in [0.3, 0.4) is 0 Å². The average molecular weight is 406 g/mol. The summed E-state index contributed by atoms with van der Waals surface area (Å²) in [7, 11) is 0. The maximum Gasteiger partial charge on any atom is 0.0931 e. The number of hydrogen-bond donors (Lipinski definition) is 2. The van der Waals surface area contributed by atoms with E-state index in [2.05, 4.69) is 17.0 Å². The lowest BCUT2D eigenvalue weighted by atomic mass is 9.91. The first-order valence-corrected chi connectivity index (χ1v) is 10.3. The molecule has 2 fully saturated rings. The Balaban J connectivity index is 1.34. The molecule has 2 N–H and O–H groups in total. The number of benzene rings is 2. The van der Waals surface area contributed by atoms with Crippen LogP contribution >= 0.6 is 23.2 Å². The van der Waals surface area contributed by atoms with Crippen LogP contribution in [0.25, 0.3) is 0 Å². The van der Waals surface area contributed by atoms with Crippen molar-refractivity contribution in [3.05, 3.63) is 69.7 Å². The van der Waals surface area contributed by atoms with E-state index >= 15 is 0 Å². The molecule has 1 saturated carbocycles. The Morgan fingerprint density at radius 2 is 1.70 bits per heavy atom. The first-order valence-electron chi connectivity index (χ1n) is 9.53. The zero-order chi connectivity index (χ0) is 19.0. The molecular weight excluding hydrogens is 381 g/mol. The average Bonchev–Trinajstić information content (AvgIpc) is 3.09. The fourth-order valence-corrected chi connectivity index (χ4v) is 5.48. The van der Waals surface area contributed by atoms with Gasteiger partial charge in [0.1, 0.15) is 0 Å². The van der Waals surface area contributed by atoms with Gasteiger partial charge in [0.15, 0.2) is 0 Å². The third-order valence-electron chi connectivity index (χ3n) is 6.07. The minimum Gasteiger partial charge on any atom is -0.390 e. The van der Waals surface area contributed by atoms with Crippen molar-refractivity contribution in [1.82, 2.24) is 4.90 Å². The van der Waals surface area contributed by atoms with Crippen molar-refractivity contribution < 1.29 is 10.2 Å². The molecule has 1 aliphatic heterocycles. The molecule has 0 bridgehead atoms. The number of aliphatic hydroxyl groups is 2. The Morgan fingerprint density at radius 3 is 2.33 bits per heavy atom. The molecule has 144 valence electrons. The minimum atomic E-state index is -0.628. The van der Waals surface area contributed by atoms with Crippen molar-refractivity contribution in [2.75, 3.05) is 19.6 Å². The summed E-state index contributed by atoms with van der Waals surface area (Å²) in [5.74, 6) is 0.984. The number of rotatable bonds is 5. The van der Waals surface area contributed by atoms with E-state index in [-0.39, 0.29) is 0 Å². The lowest BCUT2D eigenvalue weighted by Gasteiger charge is -2.27. The van der Waals surface area contributed by atoms with Gasteiger partial charge in [-0.05, 0) is 42.4 Å². The molecule has 2 aromatic carbocycles. The second kappa shape index (κ2) is 7.73. The van der Waals surface area contributed by atoms with E-state index in [1.165, 1.54) is 5.56 Å². The van der Waals surface area contributed by atoms with Gasteiger partial charge in [-0.1, -0.05) is 59.6 Å². The van der Waals surface area contributed by atoms with Gasteiger partial charge in [0.05, 0.1) is 11.7 Å². The molecular formula is C22H25Cl2NO2. The summed E-state index contributed by atoms with van der Waals surface area (Å²) in [6.45, 7) is 2.40. The normalized spacial score (nSPS) is 29.0. The smallest absolute Gasteiger partial charge is 0.0931 e. The van der Waals surface area contributed by atoms with Gasteiger partial charge in [0.25, 0.3) is 0 Å². The molecule has 2 aliphatic rings. The molecule has 4 rings (SSSR count). The van der Waals surface area contributed by atoms with E-state index in [4.69, 9.17) is 23.2 Å². The van der Waals surface area contributed by atoms with Gasteiger partial charge in [-0.25, -0.2) is 0 Å². The van der Waals surface area contributed by atoms with Crippen molar-refractivity contribution in [2.45, 2.75) is 31.0 Å². The van der Waals surface area contributed by atoms with Gasteiger partial charge >= 0.3 is 0 Å². The predicted octanol–water partition coefficient (Wildman–Crippen LogP) is 4.34. The number of nitrogens with zero attached hydrogens (tertiary/aromatic N) is 1. The third kappa shape index (κ3) is 4.33. The van der Waals surface area contributed by atoms with Gasteiger partial charge in [0, 0.05) is 41.7 Å². The molecule has 1 unspecified atom stereocenters. The summed E-state index contributed by atoms with van der Waals surface area (Å²) < 4.78 is 0. The lowest BCUT2D eigenvalue weighted by Crippen LogP contribution is -2.33. The molecule has 0 amide bonds. The fourth-order valence-electron chi connectivity index (χ4n) is 4.94. The third-order valence-corrected chi connectivity index (χ3v) is 6.63. The maximum atomic E-state index is 11.1. The Labute approximate surface area is 170 Å². The highest BCUT2D eigenvalue weighted by atomic mass is 35.5. The molecule has 3 nitrogen and oxygen atoms in total. The quantitative estimate of drug-likeness (QED) is 0.777. The van der Waals surface area contributed by atoms with Crippen molar-refractivity contribution >= 4 is 23.2 Å². The summed E-state index contributed by atoms with van der Waals surface area (Å²) in [6, 6.07) is 15.5. The molecule has 4 atom stereocenters. The van der Waals surface area contributed by atoms with Gasteiger partial charge in [-0.2, -0.15) is 0 Å². The topological polar surface area (TPSA) is 43.7 Å². The van der Waals surface area contributed by atoms with Crippen molar-refractivity contribution in [3.8, 4) is 0 Å². The molecule has 0 radical (unpaired) electrons. The molecule has 0 aromatic heterocycles. The standard InChI is InChI=1S/C22H25Cl2NO2/c23-18-6-7-19(20(24)8-18)21(26)14-25-12-16-10-22(27,11-17(16)13-25)9-15-4-2-1-3-5-15/h1-8,16-17,21,26-27H,9-14H2/t16-,17+,21?,22+. The second-order valence-electron chi connectivity index (χ2n) is 8.22. The number of hydrogen-bond acceptors (Lipinski definition) is 3. The van der Waals surface area contributed by atoms with Crippen LogP contribution in [0, 0.1) is 11.8 Å². The van der Waals surface area contributed by atoms with Crippen LogP contribution in [0.5, 0.6) is 0 Å². The zero-order valence-corrected chi connectivity index (χ0v) is 16.7. The van der Waals surface area contributed by atoms with E-state index in [1.807, 2.05) is 18.2 Å². The highest BCUT2D eigenvalue weighted by molar-refractivity contribution is 6.35. The van der Waals surface area contributed by atoms with Gasteiger partial charge in [-0.15, -0.1) is 0 Å². The second-order valence-corrected chi connectivity index (χ2v) is 9.06. The van der Waals surface area contributed by atoms with E-state index in [1.54, 1.807) is 18.2 Å². The largest absolute Gasteiger partial charge is 0.390 e. The van der Waals surface area contributed by atoms with E-state index < -0.39 is 11.7 Å². The SMILES string of the molecule is OC(CN1C[C@@H]2C[C@](O)(Cc3ccccc3)C[C@@H]2C1)c1ccc(Cl)cc1Cl. The highest BCUT2D eigenvalue weighted by Gasteiger charge is 2.48. The van der Waals surface area contributed by atoms with Crippen LogP contribution < -0.4 is 0 Å². The Kier molecular flexibility index (Phi) is 5.50. The van der Waals surface area contributed by atoms with Crippen LogP contribution in [0.1, 0.15) is 30.1 Å². The van der Waals surface area contributed by atoms with Gasteiger partial charge in [0.2, 0.25) is 0 Å². The highest BCUT2D eigenvalue weighted by Crippen LogP contribution is 2.45. The summed E-state index contributed by atoms with van der Waals surface area (Å²) in [5.41, 5.74) is 1.32. The summed E-state index contributed by atoms with van der Waals surface area (Å²) in [6.07, 6.45) is 1.77. The molecule has 1 saturated heterocycles. The van der Waals surface area contributed by atoms with E-state index in [0.717, 1.165) is 37.9 Å². The fraction of sp³-hybridized carbons (Fsp3) is 0.455. The molecule has 1 heterocycles. The van der Waals surface area contributed by atoms with Gasteiger partial charge in [-0.3, -0.25) is 4.90 Å². The predicted molar refractivity (Wildman–Crippen MR) is 109 cm³/mol. The number of halogens is 2. The number of fused-ring (bicyclic) bond motifs is 1. The molecule has 2 aromatic rings. The van der Waals surface area contributed by atoms with Crippen LogP contribution in [0.2, 0.25) is 10.0 Å². The Morgan fingerprint density at radius 1 is 1.04 bits per heavy atom. The van der Waals surface area contributed by atoms with Crippen molar-refractivity contribution in [3.63, 3.8) is 0 Å². The maximum absolute atomic E-state index is 11.1. The number of aliphatic hydroxyl groups excluding tert-OH is 1. The number of likely N-dealkylation sites (tertiary alicyclic amines) is 1. The van der Waals surface area contributed by atoms with Crippen molar-refractivity contribution in [1.29, 1.82) is 0 Å². The van der Waals surface area contributed by atoms with Crippen molar-refractivity contribution in [2.24, 2.45) is 11.8 Å². The van der Waals surface area contributed by atoms with Gasteiger partial charge < -0.3 is 10.2 Å². The Bertz CT molecular complexity index is 784. The first kappa shape index (κ1) is 19.2. The van der Waals surface area contributed by atoms with Crippen LogP contribution in [-0.4, -0.2) is 40.3 Å². The summed E-state index contributed by atoms with van der Waals surface area (Å²) in [4.78, 5) is 2.30. The van der Waals surface area contributed by atoms with E-state index in [9.17, 15) is 10.2 Å². The molecule has 1 aliphatic carbocycles. The number of β-amino-alcohol motifs (C(OH)–C–C–N with tert-alkyl or cyclic N) is 1. The summed E-state index contributed by atoms with van der Waals surface area (Å²) >= 11 is 12.2. The molecule has 5 heteroatoms.